The SMILES string of the molecule is C[n+]1ccc(N2CC/C(=C\C3=C(C(=O)O)N4C(=O)[C@@H](N)[C@H]4SC3)C2=O)cc1.C[n+]1ccc(N2CC/C(=C\C3=C(C(=O)O)N4C(=O)[C@@H](N)[C@H]4SC3)C2=O)cc1.O=C([O-])C(F)(F)F.[I-]. The second-order valence-electron chi connectivity index (χ2n) is 14.2. The molecule has 0 bridgehead atoms. The molecule has 4 atom stereocenters. The van der Waals surface area contributed by atoms with Crippen molar-refractivity contribution in [3.05, 3.63) is 94.9 Å². The van der Waals surface area contributed by atoms with E-state index in [0.717, 1.165) is 11.4 Å². The molecule has 8 heterocycles. The van der Waals surface area contributed by atoms with Crippen molar-refractivity contribution in [2.45, 2.75) is 41.8 Å². The van der Waals surface area contributed by atoms with Crippen molar-refractivity contribution in [3.63, 3.8) is 0 Å². The number of β-lactam (4-membered cyclic amide) rings is 2. The minimum Gasteiger partial charge on any atom is -1.00 e. The van der Waals surface area contributed by atoms with Gasteiger partial charge in [0.1, 0.15) is 54.3 Å². The molecule has 4 fully saturated rings. The maximum absolute atomic E-state index is 12.8. The highest BCUT2D eigenvalue weighted by molar-refractivity contribution is 8.00. The Hall–Kier alpha value is -5.31. The molecule has 0 saturated carbocycles. The number of halogens is 4. The monoisotopic (exact) mass is 1010 g/mol. The zero-order valence-electron chi connectivity index (χ0n) is 32.7. The normalized spacial score (nSPS) is 24.4. The van der Waals surface area contributed by atoms with Crippen LogP contribution in [-0.4, -0.2) is 115 Å². The molecule has 24 heteroatoms. The van der Waals surface area contributed by atoms with Gasteiger partial charge >= 0.3 is 18.1 Å². The van der Waals surface area contributed by atoms with E-state index in [1.54, 1.807) is 22.0 Å². The number of hydrogen-bond acceptors (Lipinski definition) is 12. The van der Waals surface area contributed by atoms with Crippen molar-refractivity contribution < 1.29 is 95.2 Å². The number of aryl methyl sites for hydroxylation is 2. The predicted molar refractivity (Wildman–Crippen MR) is 208 cm³/mol. The van der Waals surface area contributed by atoms with E-state index in [-0.39, 0.29) is 57.9 Å². The van der Waals surface area contributed by atoms with Gasteiger partial charge in [0.25, 0.3) is 11.8 Å². The zero-order chi connectivity index (χ0) is 44.7. The number of fused-ring (bicyclic) bond motifs is 2. The fourth-order valence-electron chi connectivity index (χ4n) is 7.06. The highest BCUT2D eigenvalue weighted by Crippen LogP contribution is 2.42. The lowest BCUT2D eigenvalue weighted by Crippen LogP contribution is -3.00. The second kappa shape index (κ2) is 19.0. The van der Waals surface area contributed by atoms with E-state index in [1.807, 2.05) is 72.3 Å². The van der Waals surface area contributed by atoms with E-state index in [0.29, 0.717) is 59.7 Å². The Morgan fingerprint density at radius 2 is 1.05 bits per heavy atom. The molecule has 2 aromatic heterocycles. The third-order valence-corrected chi connectivity index (χ3v) is 12.9. The van der Waals surface area contributed by atoms with Crippen LogP contribution in [0, 0.1) is 0 Å². The Kier molecular flexibility index (Phi) is 14.6. The van der Waals surface area contributed by atoms with Crippen LogP contribution in [0.5, 0.6) is 0 Å². The van der Waals surface area contributed by atoms with Gasteiger partial charge in [-0.15, -0.1) is 23.5 Å². The van der Waals surface area contributed by atoms with Gasteiger partial charge in [0, 0.05) is 60.0 Å². The van der Waals surface area contributed by atoms with Crippen molar-refractivity contribution in [1.29, 1.82) is 0 Å². The van der Waals surface area contributed by atoms with Crippen LogP contribution in [0.3, 0.4) is 0 Å². The Bertz CT molecular complexity index is 2190. The summed E-state index contributed by atoms with van der Waals surface area (Å²) in [6.45, 7) is 1.08. The van der Waals surface area contributed by atoms with E-state index < -0.39 is 48.0 Å². The van der Waals surface area contributed by atoms with Gasteiger partial charge in [-0.2, -0.15) is 13.2 Å². The van der Waals surface area contributed by atoms with Crippen molar-refractivity contribution in [1.82, 2.24) is 9.80 Å². The number of carboxylic acid groups (broad SMARTS) is 3. The van der Waals surface area contributed by atoms with Crippen LogP contribution in [0.4, 0.5) is 24.5 Å². The number of rotatable bonds is 6. The van der Waals surface area contributed by atoms with Gasteiger partial charge in [0.2, 0.25) is 11.8 Å². The largest absolute Gasteiger partial charge is 1.00 e. The molecule has 0 unspecified atom stereocenters. The van der Waals surface area contributed by atoms with Crippen LogP contribution in [0.25, 0.3) is 0 Å². The number of carboxylic acids is 3. The Balaban J connectivity index is 0.000000201. The lowest BCUT2D eigenvalue weighted by atomic mass is 10.0. The topological polar surface area (TPSA) is 256 Å². The molecule has 6 aliphatic heterocycles. The summed E-state index contributed by atoms with van der Waals surface area (Å²) in [7, 11) is 3.80. The number of alkyl halides is 3. The first-order chi connectivity index (χ1) is 28.7. The molecule has 4 amide bonds. The fraction of sp³-hybridized carbons (Fsp3) is 0.342. The highest BCUT2D eigenvalue weighted by atomic mass is 127. The second-order valence-corrected chi connectivity index (χ2v) is 16.4. The summed E-state index contributed by atoms with van der Waals surface area (Å²) in [5.41, 5.74) is 15.1. The van der Waals surface area contributed by atoms with E-state index in [4.69, 9.17) is 21.4 Å². The van der Waals surface area contributed by atoms with Gasteiger partial charge in [-0.1, -0.05) is 0 Å². The standard InChI is InChI=1S/2C18H18N4O4S.C2HF3O2.HI/c2*1-20-5-3-12(4-6-20)21-7-2-10(15(21)23)8-11-9-27-17-13(19)16(24)22(17)14(11)18(25)26;3-2(4,5)1(6)7;/h2*3-6,8,13,17H,2,7,9,19H2,1H3;(H,6,7);1H/b2*10-8+;;/t2*13-,17-;;/m11../s1. The average Bonchev–Trinajstić information content (AvgIpc) is 3.77. The van der Waals surface area contributed by atoms with Gasteiger partial charge in [0.05, 0.1) is 11.4 Å². The molecule has 62 heavy (non-hydrogen) atoms. The predicted octanol–water partition coefficient (Wildman–Crippen LogP) is -4.19. The number of hydrogen-bond donors (Lipinski definition) is 4. The smallest absolute Gasteiger partial charge is 0.430 e. The third kappa shape index (κ3) is 9.52. The first-order valence-corrected chi connectivity index (χ1v) is 20.4. The number of aliphatic carboxylic acids is 3. The number of thioether (sulfide) groups is 2. The number of nitrogens with zero attached hydrogens (tertiary/aromatic N) is 6. The van der Waals surface area contributed by atoms with Crippen molar-refractivity contribution >= 4 is 76.4 Å². The van der Waals surface area contributed by atoms with Crippen LogP contribution in [0.1, 0.15) is 12.8 Å². The lowest BCUT2D eigenvalue weighted by molar-refractivity contribution is -0.671. The molecule has 0 spiro atoms. The minimum absolute atomic E-state index is 0. The Labute approximate surface area is 376 Å². The molecular formula is C38H38F3IN8O10S2. The van der Waals surface area contributed by atoms with E-state index in [1.165, 1.54) is 33.3 Å². The summed E-state index contributed by atoms with van der Waals surface area (Å²) in [6, 6.07) is 6.13. The summed E-state index contributed by atoms with van der Waals surface area (Å²) in [5, 5.41) is 27.3. The van der Waals surface area contributed by atoms with Crippen LogP contribution >= 0.6 is 23.5 Å². The Morgan fingerprint density at radius 1 is 0.726 bits per heavy atom. The number of pyridine rings is 2. The number of aromatic nitrogens is 2. The summed E-state index contributed by atoms with van der Waals surface area (Å²) in [6.07, 6.45) is 6.59. The van der Waals surface area contributed by atoms with Crippen LogP contribution in [0.15, 0.2) is 94.9 Å². The lowest BCUT2D eigenvalue weighted by Gasteiger charge is -2.47. The third-order valence-electron chi connectivity index (χ3n) is 10.2. The molecule has 4 saturated heterocycles. The van der Waals surface area contributed by atoms with Gasteiger partial charge in [-0.05, 0) is 36.1 Å². The van der Waals surface area contributed by atoms with Gasteiger partial charge < -0.3 is 65.4 Å². The number of nitrogens with two attached hydrogens (primary N) is 2. The molecule has 18 nitrogen and oxygen atoms in total. The Morgan fingerprint density at radius 3 is 1.34 bits per heavy atom. The average molecular weight is 1010 g/mol. The van der Waals surface area contributed by atoms with Crippen LogP contribution in [-0.2, 0) is 47.7 Å². The fourth-order valence-corrected chi connectivity index (χ4v) is 9.56. The van der Waals surface area contributed by atoms with Crippen molar-refractivity contribution in [3.8, 4) is 0 Å². The summed E-state index contributed by atoms with van der Waals surface area (Å²) in [5.74, 6) is -5.61. The zero-order valence-corrected chi connectivity index (χ0v) is 36.4. The number of allylic oxidation sites excluding steroid dienone is 2. The number of carbonyl (C=O) groups excluding carboxylic acids is 5. The molecule has 6 N–H and O–H groups in total. The van der Waals surface area contributed by atoms with Gasteiger partial charge in [-0.3, -0.25) is 29.0 Å². The molecule has 0 radical (unpaired) electrons. The molecule has 6 aliphatic rings. The maximum atomic E-state index is 12.8. The van der Waals surface area contributed by atoms with Crippen molar-refractivity contribution in [2.24, 2.45) is 25.6 Å². The number of carbonyl (C=O) groups is 7. The molecule has 0 aliphatic carbocycles. The summed E-state index contributed by atoms with van der Waals surface area (Å²) >= 11 is 2.85. The van der Waals surface area contributed by atoms with Crippen LogP contribution < -0.4 is 59.5 Å². The first kappa shape index (κ1) is 47.7. The van der Waals surface area contributed by atoms with E-state index in [2.05, 4.69) is 0 Å². The summed E-state index contributed by atoms with van der Waals surface area (Å²) < 4.78 is 35.3. The quantitative estimate of drug-likeness (QED) is 0.0928. The molecule has 330 valence electrons. The molecule has 8 rings (SSSR count). The van der Waals surface area contributed by atoms with E-state index in [9.17, 15) is 52.2 Å². The van der Waals surface area contributed by atoms with Gasteiger partial charge in [0.15, 0.2) is 24.8 Å². The molecule has 0 aromatic carbocycles. The summed E-state index contributed by atoms with van der Waals surface area (Å²) in [4.78, 5) is 87.7. The van der Waals surface area contributed by atoms with Crippen molar-refractivity contribution in [2.75, 3.05) is 34.4 Å². The molecular weight excluding hydrogens is 976 g/mol. The number of amides is 4. The van der Waals surface area contributed by atoms with Crippen LogP contribution in [0.2, 0.25) is 0 Å². The van der Waals surface area contributed by atoms with Gasteiger partial charge in [-0.25, -0.2) is 18.7 Å². The number of anilines is 2. The van der Waals surface area contributed by atoms with E-state index >= 15 is 0 Å². The highest BCUT2D eigenvalue weighted by Gasteiger charge is 2.53. The maximum Gasteiger partial charge on any atom is 0.430 e. The molecule has 2 aromatic rings. The first-order valence-electron chi connectivity index (χ1n) is 18.3. The minimum atomic E-state index is -5.19.